The number of ether oxygens (including phenoxy) is 3. The maximum Gasteiger partial charge on any atom is 0.255 e. The molecule has 3 aromatic carbocycles. The Morgan fingerprint density at radius 3 is 2.03 bits per heavy atom. The summed E-state index contributed by atoms with van der Waals surface area (Å²) < 4.78 is 15.9. The van der Waals surface area contributed by atoms with Gasteiger partial charge in [0.1, 0.15) is 0 Å². The minimum atomic E-state index is -0.409. The lowest BCUT2D eigenvalue weighted by atomic mass is 10.1. The van der Waals surface area contributed by atoms with Crippen LogP contribution in [-0.2, 0) is 6.42 Å². The molecule has 7 heteroatoms. The van der Waals surface area contributed by atoms with E-state index in [0.29, 0.717) is 47.0 Å². The lowest BCUT2D eigenvalue weighted by Crippen LogP contribution is -2.27. The van der Waals surface area contributed by atoms with E-state index in [1.165, 1.54) is 21.3 Å². The predicted molar refractivity (Wildman–Crippen MR) is 123 cm³/mol. The zero-order valence-electron chi connectivity index (χ0n) is 18.3. The Kier molecular flexibility index (Phi) is 7.70. The van der Waals surface area contributed by atoms with E-state index in [4.69, 9.17) is 14.2 Å². The summed E-state index contributed by atoms with van der Waals surface area (Å²) in [5.41, 5.74) is 2.22. The van der Waals surface area contributed by atoms with Gasteiger partial charge in [-0.2, -0.15) is 0 Å². The van der Waals surface area contributed by atoms with E-state index in [1.807, 2.05) is 30.3 Å². The molecule has 0 saturated heterocycles. The van der Waals surface area contributed by atoms with Crippen LogP contribution in [0.2, 0.25) is 0 Å². The molecule has 7 nitrogen and oxygen atoms in total. The first-order chi connectivity index (χ1) is 15.6. The first-order valence-electron chi connectivity index (χ1n) is 10.1. The monoisotopic (exact) mass is 434 g/mol. The van der Waals surface area contributed by atoms with E-state index in [2.05, 4.69) is 10.6 Å². The summed E-state index contributed by atoms with van der Waals surface area (Å²) in [4.78, 5) is 25.7. The second-order valence-corrected chi connectivity index (χ2v) is 6.91. The zero-order chi connectivity index (χ0) is 22.9. The summed E-state index contributed by atoms with van der Waals surface area (Å²) in [6.45, 7) is 0.484. The predicted octanol–water partition coefficient (Wildman–Crippen LogP) is 3.94. The molecule has 0 aromatic heterocycles. The van der Waals surface area contributed by atoms with Crippen LogP contribution in [0.5, 0.6) is 17.2 Å². The first-order valence-corrected chi connectivity index (χ1v) is 10.1. The van der Waals surface area contributed by atoms with Crippen molar-refractivity contribution in [3.05, 3.63) is 83.4 Å². The summed E-state index contributed by atoms with van der Waals surface area (Å²) >= 11 is 0. The molecule has 166 valence electrons. The third-order valence-corrected chi connectivity index (χ3v) is 4.89. The van der Waals surface area contributed by atoms with Gasteiger partial charge in [0.15, 0.2) is 11.5 Å². The number of amides is 2. The fourth-order valence-electron chi connectivity index (χ4n) is 3.26. The molecule has 32 heavy (non-hydrogen) atoms. The largest absolute Gasteiger partial charge is 0.493 e. The van der Waals surface area contributed by atoms with Crippen molar-refractivity contribution in [1.82, 2.24) is 5.32 Å². The molecular formula is C25H26N2O5. The van der Waals surface area contributed by atoms with Gasteiger partial charge in [-0.05, 0) is 36.2 Å². The van der Waals surface area contributed by atoms with Crippen LogP contribution in [0.4, 0.5) is 5.69 Å². The van der Waals surface area contributed by atoms with Gasteiger partial charge in [0.2, 0.25) is 5.75 Å². The molecule has 0 aliphatic carbocycles. The molecule has 3 aromatic rings. The third kappa shape index (κ3) is 5.37. The van der Waals surface area contributed by atoms with Crippen molar-refractivity contribution in [2.24, 2.45) is 0 Å². The van der Waals surface area contributed by atoms with Crippen molar-refractivity contribution in [3.63, 3.8) is 0 Å². The molecule has 3 rings (SSSR count). The summed E-state index contributed by atoms with van der Waals surface area (Å²) in [5, 5.41) is 5.71. The van der Waals surface area contributed by atoms with E-state index in [1.54, 1.807) is 36.4 Å². The highest BCUT2D eigenvalue weighted by molar-refractivity contribution is 6.09. The van der Waals surface area contributed by atoms with E-state index < -0.39 is 5.91 Å². The Morgan fingerprint density at radius 2 is 1.41 bits per heavy atom. The van der Waals surface area contributed by atoms with E-state index >= 15 is 0 Å². The molecule has 0 fully saturated rings. The molecule has 0 unspecified atom stereocenters. The summed E-state index contributed by atoms with van der Waals surface area (Å²) in [6, 6.07) is 19.9. The number of benzene rings is 3. The lowest BCUT2D eigenvalue weighted by molar-refractivity contribution is 0.0955. The van der Waals surface area contributed by atoms with Crippen molar-refractivity contribution in [2.45, 2.75) is 6.42 Å². The van der Waals surface area contributed by atoms with Crippen LogP contribution in [-0.4, -0.2) is 39.7 Å². The Labute approximate surface area is 187 Å². The fraction of sp³-hybridized carbons (Fsp3) is 0.200. The average molecular weight is 434 g/mol. The molecule has 2 amide bonds. The van der Waals surface area contributed by atoms with E-state index in [-0.39, 0.29) is 5.91 Å². The number of nitrogens with one attached hydrogen (secondary N) is 2. The number of anilines is 1. The summed E-state index contributed by atoms with van der Waals surface area (Å²) in [5.74, 6) is 0.452. The Hall–Kier alpha value is -4.00. The van der Waals surface area contributed by atoms with Gasteiger partial charge in [-0.15, -0.1) is 0 Å². The van der Waals surface area contributed by atoms with Crippen LogP contribution in [0.1, 0.15) is 26.3 Å². The minimum absolute atomic E-state index is 0.262. The van der Waals surface area contributed by atoms with Gasteiger partial charge in [-0.3, -0.25) is 9.59 Å². The number of rotatable bonds is 9. The van der Waals surface area contributed by atoms with Gasteiger partial charge in [-0.25, -0.2) is 0 Å². The highest BCUT2D eigenvalue weighted by Gasteiger charge is 2.19. The zero-order valence-corrected chi connectivity index (χ0v) is 18.3. The summed E-state index contributed by atoms with van der Waals surface area (Å²) in [6.07, 6.45) is 0.715. The van der Waals surface area contributed by atoms with E-state index in [9.17, 15) is 9.59 Å². The Bertz CT molecular complexity index is 1060. The molecule has 0 bridgehead atoms. The van der Waals surface area contributed by atoms with Gasteiger partial charge in [0, 0.05) is 12.1 Å². The van der Waals surface area contributed by atoms with Crippen LogP contribution >= 0.6 is 0 Å². The van der Waals surface area contributed by atoms with Gasteiger partial charge in [0.25, 0.3) is 11.8 Å². The quantitative estimate of drug-likeness (QED) is 0.533. The number of para-hydroxylation sites is 1. The van der Waals surface area contributed by atoms with Crippen LogP contribution in [0.15, 0.2) is 66.7 Å². The second kappa shape index (κ2) is 10.9. The topological polar surface area (TPSA) is 85.9 Å². The van der Waals surface area contributed by atoms with Crippen LogP contribution < -0.4 is 24.8 Å². The van der Waals surface area contributed by atoms with Crippen molar-refractivity contribution in [3.8, 4) is 17.2 Å². The molecule has 0 radical (unpaired) electrons. The highest BCUT2D eigenvalue weighted by atomic mass is 16.5. The number of carbonyl (C=O) groups excluding carboxylic acids is 2. The average Bonchev–Trinajstić information content (AvgIpc) is 2.83. The van der Waals surface area contributed by atoms with Gasteiger partial charge >= 0.3 is 0 Å². The smallest absolute Gasteiger partial charge is 0.255 e. The Balaban J connectivity index is 1.74. The fourth-order valence-corrected chi connectivity index (χ4v) is 3.26. The standard InChI is InChI=1S/C25H26N2O5/c1-30-21-15-18(16-22(31-2)23(21)32-3)24(28)27-20-12-8-7-11-19(20)25(29)26-14-13-17-9-5-4-6-10-17/h4-12,15-16H,13-14H2,1-3H3,(H,26,29)(H,27,28). The molecule has 0 aliphatic heterocycles. The highest BCUT2D eigenvalue weighted by Crippen LogP contribution is 2.38. The van der Waals surface area contributed by atoms with Crippen molar-refractivity contribution >= 4 is 17.5 Å². The van der Waals surface area contributed by atoms with Gasteiger partial charge in [0.05, 0.1) is 32.6 Å². The second-order valence-electron chi connectivity index (χ2n) is 6.91. The van der Waals surface area contributed by atoms with Gasteiger partial charge in [-0.1, -0.05) is 42.5 Å². The molecule has 0 atom stereocenters. The third-order valence-electron chi connectivity index (χ3n) is 4.89. The number of hydrogen-bond donors (Lipinski definition) is 2. The van der Waals surface area contributed by atoms with Crippen molar-refractivity contribution in [1.29, 1.82) is 0 Å². The lowest BCUT2D eigenvalue weighted by Gasteiger charge is -2.15. The molecule has 0 aliphatic rings. The molecule has 0 saturated carbocycles. The maximum atomic E-state index is 12.9. The SMILES string of the molecule is COc1cc(C(=O)Nc2ccccc2C(=O)NCCc2ccccc2)cc(OC)c1OC. The van der Waals surface area contributed by atoms with Crippen LogP contribution in [0.25, 0.3) is 0 Å². The number of carbonyl (C=O) groups is 2. The number of methoxy groups -OCH3 is 3. The van der Waals surface area contributed by atoms with Crippen molar-refractivity contribution in [2.75, 3.05) is 33.2 Å². The number of hydrogen-bond acceptors (Lipinski definition) is 5. The van der Waals surface area contributed by atoms with Crippen LogP contribution in [0.3, 0.4) is 0 Å². The van der Waals surface area contributed by atoms with E-state index in [0.717, 1.165) is 5.56 Å². The van der Waals surface area contributed by atoms with Gasteiger partial charge < -0.3 is 24.8 Å². The van der Waals surface area contributed by atoms with Crippen LogP contribution in [0, 0.1) is 0 Å². The molecule has 2 N–H and O–H groups in total. The molecular weight excluding hydrogens is 408 g/mol. The minimum Gasteiger partial charge on any atom is -0.493 e. The normalized spacial score (nSPS) is 10.2. The van der Waals surface area contributed by atoms with Crippen molar-refractivity contribution < 1.29 is 23.8 Å². The Morgan fingerprint density at radius 1 is 0.781 bits per heavy atom. The summed E-state index contributed by atoms with van der Waals surface area (Å²) in [7, 11) is 4.45. The first kappa shape index (κ1) is 22.7. The molecule has 0 spiro atoms. The molecule has 0 heterocycles. The maximum absolute atomic E-state index is 12.9.